The molecule has 0 saturated carbocycles. The Labute approximate surface area is 70.6 Å². The van der Waals surface area contributed by atoms with E-state index in [2.05, 4.69) is 4.99 Å². The van der Waals surface area contributed by atoms with Crippen LogP contribution < -0.4 is 11.5 Å². The van der Waals surface area contributed by atoms with Crippen molar-refractivity contribution in [2.24, 2.45) is 22.4 Å². The molecule has 0 saturated heterocycles. The van der Waals surface area contributed by atoms with Crippen molar-refractivity contribution in [1.29, 1.82) is 0 Å². The number of rotatable bonds is 1. The van der Waals surface area contributed by atoms with Crippen LogP contribution in [0.15, 0.2) is 28.8 Å². The maximum atomic E-state index is 12.8. The highest BCUT2D eigenvalue weighted by molar-refractivity contribution is 5.85. The lowest BCUT2D eigenvalue weighted by Gasteiger charge is -2.07. The van der Waals surface area contributed by atoms with E-state index in [4.69, 9.17) is 11.5 Å². The Bertz CT molecular complexity index is 265. The fraction of sp³-hybridized carbons (Fsp3) is 0.375. The third-order valence-corrected chi connectivity index (χ3v) is 1.80. The minimum absolute atomic E-state index is 0.0468. The highest BCUT2D eigenvalue weighted by Gasteiger charge is 2.12. The van der Waals surface area contributed by atoms with Gasteiger partial charge in [0.2, 0.25) is 0 Å². The first-order chi connectivity index (χ1) is 5.65. The van der Waals surface area contributed by atoms with E-state index in [1.165, 1.54) is 0 Å². The molecule has 0 aliphatic carbocycles. The van der Waals surface area contributed by atoms with Crippen molar-refractivity contribution >= 4 is 5.84 Å². The number of halogens is 1. The number of amidine groups is 1. The van der Waals surface area contributed by atoms with Gasteiger partial charge in [0.1, 0.15) is 5.84 Å². The van der Waals surface area contributed by atoms with E-state index in [1.807, 2.05) is 6.92 Å². The van der Waals surface area contributed by atoms with Crippen LogP contribution in [0.1, 0.15) is 13.3 Å². The van der Waals surface area contributed by atoms with Crippen LogP contribution in [0.25, 0.3) is 0 Å². The topological polar surface area (TPSA) is 64.4 Å². The number of nitrogens with zero attached hydrogens (tertiary/aromatic N) is 1. The lowest BCUT2D eigenvalue weighted by Crippen LogP contribution is -2.21. The molecule has 1 rings (SSSR count). The summed E-state index contributed by atoms with van der Waals surface area (Å²) in [6.45, 7) is 1.94. The van der Waals surface area contributed by atoms with Crippen LogP contribution in [0.4, 0.5) is 4.39 Å². The van der Waals surface area contributed by atoms with Gasteiger partial charge < -0.3 is 11.5 Å². The second-order valence-electron chi connectivity index (χ2n) is 2.67. The molecule has 0 amide bonds. The molecule has 4 heteroatoms. The van der Waals surface area contributed by atoms with Crippen LogP contribution in [-0.4, -0.2) is 5.84 Å². The van der Waals surface area contributed by atoms with Crippen LogP contribution in [0.5, 0.6) is 0 Å². The Hall–Kier alpha value is -1.32. The van der Waals surface area contributed by atoms with Crippen molar-refractivity contribution < 1.29 is 4.39 Å². The molecule has 66 valence electrons. The molecular weight excluding hydrogens is 157 g/mol. The molecular formula is C8H12FN3. The molecule has 4 N–H and O–H groups in total. The van der Waals surface area contributed by atoms with Gasteiger partial charge in [-0.05, 0) is 12.5 Å². The zero-order valence-electron chi connectivity index (χ0n) is 6.92. The zero-order valence-corrected chi connectivity index (χ0v) is 6.92. The van der Waals surface area contributed by atoms with Gasteiger partial charge in [0.05, 0.1) is 11.9 Å². The van der Waals surface area contributed by atoms with Crippen molar-refractivity contribution in [3.8, 4) is 0 Å². The van der Waals surface area contributed by atoms with E-state index >= 15 is 0 Å². The molecule has 1 atom stereocenters. The molecule has 0 fully saturated rings. The van der Waals surface area contributed by atoms with Gasteiger partial charge >= 0.3 is 0 Å². The normalized spacial score (nSPS) is 23.8. The molecule has 0 radical (unpaired) electrons. The summed E-state index contributed by atoms with van der Waals surface area (Å²) in [6.07, 6.45) is 3.42. The van der Waals surface area contributed by atoms with Gasteiger partial charge in [-0.15, -0.1) is 0 Å². The zero-order chi connectivity index (χ0) is 9.14. The predicted molar refractivity (Wildman–Crippen MR) is 46.9 cm³/mol. The second kappa shape index (κ2) is 3.38. The molecule has 1 aliphatic heterocycles. The maximum Gasteiger partial charge on any atom is 0.164 e. The lowest BCUT2D eigenvalue weighted by atomic mass is 10.0. The second-order valence-corrected chi connectivity index (χ2v) is 2.67. The average Bonchev–Trinajstić information content (AvgIpc) is 2.18. The molecule has 0 aromatic heterocycles. The van der Waals surface area contributed by atoms with Crippen LogP contribution in [-0.2, 0) is 0 Å². The number of nitrogens with two attached hydrogens (primary N) is 2. The fourth-order valence-corrected chi connectivity index (χ4v) is 1.01. The summed E-state index contributed by atoms with van der Waals surface area (Å²) >= 11 is 0. The van der Waals surface area contributed by atoms with E-state index < -0.39 is 5.83 Å². The Morgan fingerprint density at radius 1 is 1.58 bits per heavy atom. The summed E-state index contributed by atoms with van der Waals surface area (Å²) in [6, 6.07) is 0. The smallest absolute Gasteiger partial charge is 0.164 e. The number of hydrogen-bond donors (Lipinski definition) is 2. The van der Waals surface area contributed by atoms with Crippen molar-refractivity contribution in [2.75, 3.05) is 0 Å². The summed E-state index contributed by atoms with van der Waals surface area (Å²) in [4.78, 5) is 3.73. The van der Waals surface area contributed by atoms with Gasteiger partial charge in [0.25, 0.3) is 0 Å². The largest absolute Gasteiger partial charge is 0.397 e. The molecule has 0 aromatic carbocycles. The maximum absolute atomic E-state index is 12.8. The van der Waals surface area contributed by atoms with Crippen molar-refractivity contribution in [1.82, 2.24) is 0 Å². The van der Waals surface area contributed by atoms with Crippen molar-refractivity contribution in [3.63, 3.8) is 0 Å². The molecule has 12 heavy (non-hydrogen) atoms. The summed E-state index contributed by atoms with van der Waals surface area (Å²) in [5.74, 6) is -0.156. The van der Waals surface area contributed by atoms with Gasteiger partial charge in [-0.3, -0.25) is 0 Å². The van der Waals surface area contributed by atoms with Crippen molar-refractivity contribution in [3.05, 3.63) is 23.8 Å². The van der Waals surface area contributed by atoms with E-state index in [1.54, 1.807) is 6.08 Å². The Morgan fingerprint density at radius 2 is 2.25 bits per heavy atom. The van der Waals surface area contributed by atoms with Crippen LogP contribution in [0.3, 0.4) is 0 Å². The van der Waals surface area contributed by atoms with Gasteiger partial charge in [-0.1, -0.05) is 6.92 Å². The fourth-order valence-electron chi connectivity index (χ4n) is 1.01. The van der Waals surface area contributed by atoms with E-state index in [-0.39, 0.29) is 11.6 Å². The Morgan fingerprint density at radius 3 is 2.83 bits per heavy atom. The summed E-state index contributed by atoms with van der Waals surface area (Å²) < 4.78 is 12.8. The molecule has 0 aromatic rings. The molecule has 0 bridgehead atoms. The van der Waals surface area contributed by atoms with Gasteiger partial charge in [0.15, 0.2) is 5.83 Å². The van der Waals surface area contributed by atoms with Gasteiger partial charge in [-0.25, -0.2) is 9.38 Å². The van der Waals surface area contributed by atoms with E-state index in [0.717, 1.165) is 12.6 Å². The minimum Gasteiger partial charge on any atom is -0.397 e. The van der Waals surface area contributed by atoms with Crippen LogP contribution in [0.2, 0.25) is 0 Å². The third kappa shape index (κ3) is 1.64. The molecule has 1 unspecified atom stereocenters. The number of aliphatic imine (C=N–C) groups is 1. The van der Waals surface area contributed by atoms with Crippen molar-refractivity contribution in [2.45, 2.75) is 13.3 Å². The van der Waals surface area contributed by atoms with E-state index in [0.29, 0.717) is 5.84 Å². The molecule has 0 spiro atoms. The number of allylic oxidation sites excluding steroid dienone is 1. The molecule has 1 aliphatic rings. The SMILES string of the molecule is CCC1C=C(N)C(F)=CN=C1N. The van der Waals surface area contributed by atoms with Gasteiger partial charge in [-0.2, -0.15) is 0 Å². The third-order valence-electron chi connectivity index (χ3n) is 1.80. The quantitative estimate of drug-likeness (QED) is 0.616. The highest BCUT2D eigenvalue weighted by Crippen LogP contribution is 2.16. The van der Waals surface area contributed by atoms with Gasteiger partial charge in [0, 0.05) is 5.92 Å². The average molecular weight is 169 g/mol. The lowest BCUT2D eigenvalue weighted by molar-refractivity contribution is 0.643. The number of hydrogen-bond acceptors (Lipinski definition) is 3. The predicted octanol–water partition coefficient (Wildman–Crippen LogP) is 1.04. The minimum atomic E-state index is -0.520. The molecule has 3 nitrogen and oxygen atoms in total. The Balaban J connectivity index is 2.98. The highest BCUT2D eigenvalue weighted by atomic mass is 19.1. The monoisotopic (exact) mass is 169 g/mol. The van der Waals surface area contributed by atoms with E-state index in [9.17, 15) is 4.39 Å². The van der Waals surface area contributed by atoms with Crippen LogP contribution in [0, 0.1) is 5.92 Å². The summed E-state index contributed by atoms with van der Waals surface area (Å²) in [5, 5.41) is 0. The Kier molecular flexibility index (Phi) is 2.47. The van der Waals surface area contributed by atoms with Crippen LogP contribution >= 0.6 is 0 Å². The first kappa shape index (κ1) is 8.77. The summed E-state index contributed by atoms with van der Waals surface area (Å²) in [7, 11) is 0. The summed E-state index contributed by atoms with van der Waals surface area (Å²) in [5.41, 5.74) is 11.1. The first-order valence-electron chi connectivity index (χ1n) is 3.81. The standard InChI is InChI=1S/C8H12FN3/c1-2-5-3-7(10)6(9)4-12-8(5)11/h3-5H,2,10H2,1H3,(H2,11,12). The first-order valence-corrected chi connectivity index (χ1v) is 3.81. The molecule has 1 heterocycles.